The average Bonchev–Trinajstić information content (AvgIpc) is 2.23. The lowest BCUT2D eigenvalue weighted by atomic mass is 10.2. The molecule has 0 amide bonds. The molecule has 1 aromatic rings. The molecule has 15 heavy (non-hydrogen) atoms. The van der Waals surface area contributed by atoms with Crippen LogP contribution in [0.15, 0.2) is 24.3 Å². The molecular weight excluding hydrogens is 190 g/mol. The molecule has 84 valence electrons. The normalized spacial score (nSPS) is 10.3. The lowest BCUT2D eigenvalue weighted by Crippen LogP contribution is -2.06. The Hall–Kier alpha value is -1.06. The molecule has 0 saturated heterocycles. The highest BCUT2D eigenvalue weighted by Crippen LogP contribution is 2.08. The van der Waals surface area contributed by atoms with Crippen molar-refractivity contribution >= 4 is 5.69 Å². The molecule has 0 aromatic heterocycles. The summed E-state index contributed by atoms with van der Waals surface area (Å²) in [6.07, 6.45) is 0.938. The van der Waals surface area contributed by atoms with Gasteiger partial charge in [0.2, 0.25) is 0 Å². The van der Waals surface area contributed by atoms with E-state index in [2.05, 4.69) is 30.4 Å². The van der Waals surface area contributed by atoms with E-state index < -0.39 is 0 Å². The van der Waals surface area contributed by atoms with Gasteiger partial charge in [-0.25, -0.2) is 9.78 Å². The van der Waals surface area contributed by atoms with Gasteiger partial charge in [-0.15, -0.1) is 0 Å². The maximum atomic E-state index is 4.90. The van der Waals surface area contributed by atoms with E-state index in [0.717, 1.165) is 18.7 Å². The lowest BCUT2D eigenvalue weighted by Gasteiger charge is -2.06. The standard InChI is InChI=1S/C12H19NO2/c1-3-14-15-9-5-8-13-12-7-4-6-11(2)10-12/h4,6-7,10,13H,3,5,8-9H2,1-2H3. The van der Waals surface area contributed by atoms with E-state index in [1.807, 2.05) is 13.0 Å². The monoisotopic (exact) mass is 209 g/mol. The Morgan fingerprint density at radius 3 is 2.87 bits per heavy atom. The Balaban J connectivity index is 2.10. The Morgan fingerprint density at radius 2 is 2.13 bits per heavy atom. The Kier molecular flexibility index (Phi) is 5.81. The van der Waals surface area contributed by atoms with E-state index in [1.165, 1.54) is 5.56 Å². The number of hydrogen-bond donors (Lipinski definition) is 1. The van der Waals surface area contributed by atoms with Crippen molar-refractivity contribution in [3.8, 4) is 0 Å². The highest BCUT2D eigenvalue weighted by Gasteiger charge is 1.92. The minimum Gasteiger partial charge on any atom is -0.385 e. The summed E-state index contributed by atoms with van der Waals surface area (Å²) >= 11 is 0. The molecule has 0 fully saturated rings. The topological polar surface area (TPSA) is 30.5 Å². The van der Waals surface area contributed by atoms with Crippen LogP contribution < -0.4 is 5.32 Å². The zero-order valence-electron chi connectivity index (χ0n) is 9.45. The van der Waals surface area contributed by atoms with Crippen LogP contribution in [-0.4, -0.2) is 19.8 Å². The highest BCUT2D eigenvalue weighted by atomic mass is 17.2. The summed E-state index contributed by atoms with van der Waals surface area (Å²) in [7, 11) is 0. The van der Waals surface area contributed by atoms with Crippen molar-refractivity contribution in [2.75, 3.05) is 25.1 Å². The van der Waals surface area contributed by atoms with Crippen LogP contribution in [0.2, 0.25) is 0 Å². The van der Waals surface area contributed by atoms with Crippen LogP contribution >= 0.6 is 0 Å². The smallest absolute Gasteiger partial charge is 0.0839 e. The van der Waals surface area contributed by atoms with Gasteiger partial charge >= 0.3 is 0 Å². The predicted molar refractivity (Wildman–Crippen MR) is 61.9 cm³/mol. The van der Waals surface area contributed by atoms with Crippen molar-refractivity contribution in [1.82, 2.24) is 0 Å². The van der Waals surface area contributed by atoms with Crippen molar-refractivity contribution < 1.29 is 9.78 Å². The summed E-state index contributed by atoms with van der Waals surface area (Å²) in [5.74, 6) is 0. The minimum absolute atomic E-state index is 0.602. The Bertz CT molecular complexity index is 276. The van der Waals surface area contributed by atoms with Gasteiger partial charge in [-0.2, -0.15) is 0 Å². The largest absolute Gasteiger partial charge is 0.385 e. The number of anilines is 1. The third kappa shape index (κ3) is 5.40. The van der Waals surface area contributed by atoms with E-state index in [0.29, 0.717) is 13.2 Å². The SMILES string of the molecule is CCOOCCCNc1cccc(C)c1. The summed E-state index contributed by atoms with van der Waals surface area (Å²) in [5, 5.41) is 3.33. The maximum absolute atomic E-state index is 4.90. The van der Waals surface area contributed by atoms with Gasteiger partial charge in [0.15, 0.2) is 0 Å². The first-order chi connectivity index (χ1) is 7.33. The molecule has 1 N–H and O–H groups in total. The fraction of sp³-hybridized carbons (Fsp3) is 0.500. The molecule has 3 heteroatoms. The van der Waals surface area contributed by atoms with E-state index >= 15 is 0 Å². The van der Waals surface area contributed by atoms with Gasteiger partial charge < -0.3 is 5.32 Å². The highest BCUT2D eigenvalue weighted by molar-refractivity contribution is 5.45. The quantitative estimate of drug-likeness (QED) is 0.425. The number of aryl methyl sites for hydroxylation is 1. The second kappa shape index (κ2) is 7.26. The lowest BCUT2D eigenvalue weighted by molar-refractivity contribution is -0.291. The van der Waals surface area contributed by atoms with Crippen LogP contribution in [0.1, 0.15) is 18.9 Å². The zero-order chi connectivity index (χ0) is 10.9. The van der Waals surface area contributed by atoms with Gasteiger partial charge in [-0.3, -0.25) is 0 Å². The third-order valence-electron chi connectivity index (χ3n) is 1.95. The number of nitrogens with one attached hydrogen (secondary N) is 1. The first-order valence-electron chi connectivity index (χ1n) is 5.38. The van der Waals surface area contributed by atoms with E-state index in [9.17, 15) is 0 Å². The van der Waals surface area contributed by atoms with Crippen molar-refractivity contribution in [2.24, 2.45) is 0 Å². The maximum Gasteiger partial charge on any atom is 0.0839 e. The second-order valence-corrected chi connectivity index (χ2v) is 3.38. The molecule has 0 aliphatic heterocycles. The number of hydrogen-bond acceptors (Lipinski definition) is 3. The van der Waals surface area contributed by atoms with Gasteiger partial charge in [-0.05, 0) is 38.0 Å². The van der Waals surface area contributed by atoms with Gasteiger partial charge in [0, 0.05) is 12.2 Å². The van der Waals surface area contributed by atoms with Crippen molar-refractivity contribution in [3.05, 3.63) is 29.8 Å². The molecule has 0 aliphatic rings. The fourth-order valence-electron chi connectivity index (χ4n) is 1.26. The summed E-state index contributed by atoms with van der Waals surface area (Å²) in [6.45, 7) is 6.13. The molecule has 1 aromatic carbocycles. The van der Waals surface area contributed by atoms with Crippen molar-refractivity contribution in [2.45, 2.75) is 20.3 Å². The molecule has 1 rings (SSSR count). The van der Waals surface area contributed by atoms with Crippen LogP contribution in [-0.2, 0) is 9.78 Å². The third-order valence-corrected chi connectivity index (χ3v) is 1.95. The van der Waals surface area contributed by atoms with Crippen LogP contribution in [0.5, 0.6) is 0 Å². The van der Waals surface area contributed by atoms with Crippen molar-refractivity contribution in [1.29, 1.82) is 0 Å². The number of rotatable bonds is 7. The Labute approximate surface area is 91.3 Å². The predicted octanol–water partition coefficient (Wildman–Crippen LogP) is 2.77. The van der Waals surface area contributed by atoms with Crippen LogP contribution in [0.4, 0.5) is 5.69 Å². The molecule has 0 unspecified atom stereocenters. The average molecular weight is 209 g/mol. The number of benzene rings is 1. The summed E-state index contributed by atoms with van der Waals surface area (Å²) in [6, 6.07) is 8.33. The minimum atomic E-state index is 0.602. The molecule has 0 radical (unpaired) electrons. The molecule has 0 saturated carbocycles. The van der Waals surface area contributed by atoms with E-state index in [-0.39, 0.29) is 0 Å². The first-order valence-corrected chi connectivity index (χ1v) is 5.38. The second-order valence-electron chi connectivity index (χ2n) is 3.38. The van der Waals surface area contributed by atoms with Crippen LogP contribution in [0, 0.1) is 6.92 Å². The van der Waals surface area contributed by atoms with E-state index in [4.69, 9.17) is 9.78 Å². The molecule has 0 atom stereocenters. The van der Waals surface area contributed by atoms with Crippen LogP contribution in [0.25, 0.3) is 0 Å². The van der Waals surface area contributed by atoms with Crippen LogP contribution in [0.3, 0.4) is 0 Å². The first kappa shape index (κ1) is 12.0. The molecule has 3 nitrogen and oxygen atoms in total. The molecular formula is C12H19NO2. The summed E-state index contributed by atoms with van der Waals surface area (Å²) < 4.78 is 0. The van der Waals surface area contributed by atoms with Gasteiger partial charge in [-0.1, -0.05) is 12.1 Å². The molecule has 0 heterocycles. The van der Waals surface area contributed by atoms with Gasteiger partial charge in [0.1, 0.15) is 0 Å². The molecule has 0 aliphatic carbocycles. The summed E-state index contributed by atoms with van der Waals surface area (Å²) in [4.78, 5) is 9.68. The van der Waals surface area contributed by atoms with E-state index in [1.54, 1.807) is 0 Å². The van der Waals surface area contributed by atoms with Crippen molar-refractivity contribution in [3.63, 3.8) is 0 Å². The zero-order valence-corrected chi connectivity index (χ0v) is 9.45. The molecule has 0 spiro atoms. The molecule has 0 bridgehead atoms. The van der Waals surface area contributed by atoms with Gasteiger partial charge in [0.25, 0.3) is 0 Å². The Morgan fingerprint density at radius 1 is 1.27 bits per heavy atom. The summed E-state index contributed by atoms with van der Waals surface area (Å²) in [5.41, 5.74) is 2.43. The fourth-order valence-corrected chi connectivity index (χ4v) is 1.26. The van der Waals surface area contributed by atoms with Gasteiger partial charge in [0.05, 0.1) is 13.2 Å².